The summed E-state index contributed by atoms with van der Waals surface area (Å²) < 4.78 is 18.3. The first-order chi connectivity index (χ1) is 13.7. The molecule has 4 aromatic rings. The van der Waals surface area contributed by atoms with Gasteiger partial charge in [0.1, 0.15) is 17.5 Å². The fraction of sp³-hybridized carbons (Fsp3) is 0.100. The summed E-state index contributed by atoms with van der Waals surface area (Å²) in [5.74, 6) is 1.27. The van der Waals surface area contributed by atoms with Crippen molar-refractivity contribution in [2.75, 3.05) is 10.6 Å². The molecule has 0 fully saturated rings. The van der Waals surface area contributed by atoms with Crippen LogP contribution in [0.4, 0.5) is 22.0 Å². The highest BCUT2D eigenvalue weighted by molar-refractivity contribution is 5.85. The van der Waals surface area contributed by atoms with Crippen LogP contribution >= 0.6 is 12.4 Å². The molecule has 7 nitrogen and oxygen atoms in total. The Kier molecular flexibility index (Phi) is 6.36. The summed E-state index contributed by atoms with van der Waals surface area (Å²) in [6.45, 7) is 1.96. The molecule has 1 atom stereocenters. The van der Waals surface area contributed by atoms with Gasteiger partial charge in [0.2, 0.25) is 5.95 Å². The molecule has 3 aromatic heterocycles. The molecule has 2 N–H and O–H groups in total. The molecule has 0 amide bonds. The van der Waals surface area contributed by atoms with E-state index in [0.717, 1.165) is 11.1 Å². The molecule has 148 valence electrons. The van der Waals surface area contributed by atoms with Gasteiger partial charge in [-0.05, 0) is 30.7 Å². The zero-order valence-corrected chi connectivity index (χ0v) is 16.2. The van der Waals surface area contributed by atoms with Crippen LogP contribution in [0.2, 0.25) is 0 Å². The molecule has 0 radical (unpaired) electrons. The largest absolute Gasteiger partial charge is 0.472 e. The maximum Gasteiger partial charge on any atom is 0.225 e. The maximum absolute atomic E-state index is 13.2. The van der Waals surface area contributed by atoms with Gasteiger partial charge in [-0.2, -0.15) is 4.98 Å². The van der Waals surface area contributed by atoms with Crippen molar-refractivity contribution in [2.45, 2.75) is 13.0 Å². The fourth-order valence-electron chi connectivity index (χ4n) is 2.66. The predicted molar refractivity (Wildman–Crippen MR) is 111 cm³/mol. The van der Waals surface area contributed by atoms with E-state index in [9.17, 15) is 4.39 Å². The Morgan fingerprint density at radius 2 is 1.86 bits per heavy atom. The van der Waals surface area contributed by atoms with Crippen LogP contribution in [0.25, 0.3) is 11.3 Å². The molecular weight excluding hydrogens is 395 g/mol. The van der Waals surface area contributed by atoms with Gasteiger partial charge in [0, 0.05) is 24.0 Å². The highest BCUT2D eigenvalue weighted by Gasteiger charge is 2.12. The highest BCUT2D eigenvalue weighted by atomic mass is 35.5. The molecule has 1 aromatic carbocycles. The lowest BCUT2D eigenvalue weighted by atomic mass is 10.1. The van der Waals surface area contributed by atoms with Gasteiger partial charge in [-0.15, -0.1) is 12.4 Å². The smallest absolute Gasteiger partial charge is 0.225 e. The Morgan fingerprint density at radius 3 is 2.55 bits per heavy atom. The van der Waals surface area contributed by atoms with Crippen LogP contribution < -0.4 is 10.6 Å². The molecule has 9 heteroatoms. The predicted octanol–water partition coefficient (Wildman–Crippen LogP) is 5.00. The minimum atomic E-state index is -0.274. The first-order valence-corrected chi connectivity index (χ1v) is 8.64. The summed E-state index contributed by atoms with van der Waals surface area (Å²) in [5.41, 5.74) is 2.42. The maximum atomic E-state index is 13.2. The van der Waals surface area contributed by atoms with Crippen molar-refractivity contribution in [3.05, 3.63) is 78.9 Å². The third kappa shape index (κ3) is 5.05. The monoisotopic (exact) mass is 412 g/mol. The standard InChI is InChI=1S/C20H17FN6O.ClH/c1-13(14-2-4-16(21)5-3-14)24-20-25-17(15-6-9-28-12-15)10-18(27-20)26-19-11-22-7-8-23-19;/h2-13H,1H3,(H2,23,24,25,26,27);1H/t13-;/m0./s1. The molecular formula is C20H18ClFN6O. The SMILES string of the molecule is C[C@H](Nc1nc(Nc2cnccn2)cc(-c2ccoc2)n1)c1ccc(F)cc1.Cl. The average Bonchev–Trinajstić information content (AvgIpc) is 3.24. The van der Waals surface area contributed by atoms with Crippen LogP contribution in [0.15, 0.2) is 71.9 Å². The van der Waals surface area contributed by atoms with Gasteiger partial charge in [-0.1, -0.05) is 12.1 Å². The van der Waals surface area contributed by atoms with E-state index >= 15 is 0 Å². The van der Waals surface area contributed by atoms with Gasteiger partial charge < -0.3 is 15.1 Å². The van der Waals surface area contributed by atoms with Crippen molar-refractivity contribution in [3.8, 4) is 11.3 Å². The quantitative estimate of drug-likeness (QED) is 0.460. The van der Waals surface area contributed by atoms with Crippen LogP contribution in [-0.2, 0) is 0 Å². The fourth-order valence-corrected chi connectivity index (χ4v) is 2.66. The Labute approximate surface area is 172 Å². The zero-order chi connectivity index (χ0) is 19.3. The normalized spacial score (nSPS) is 11.4. The summed E-state index contributed by atoms with van der Waals surface area (Å²) in [6, 6.07) is 9.81. The van der Waals surface area contributed by atoms with E-state index in [4.69, 9.17) is 4.42 Å². The van der Waals surface area contributed by atoms with Crippen molar-refractivity contribution in [3.63, 3.8) is 0 Å². The number of hydrogen-bond donors (Lipinski definition) is 2. The topological polar surface area (TPSA) is 88.8 Å². The molecule has 0 spiro atoms. The first kappa shape index (κ1) is 20.2. The van der Waals surface area contributed by atoms with Gasteiger partial charge >= 0.3 is 0 Å². The van der Waals surface area contributed by atoms with E-state index in [1.807, 2.05) is 13.0 Å². The molecule has 0 aliphatic rings. The minimum absolute atomic E-state index is 0. The zero-order valence-electron chi connectivity index (χ0n) is 15.4. The second kappa shape index (κ2) is 9.11. The second-order valence-electron chi connectivity index (χ2n) is 6.11. The Hall–Kier alpha value is -3.52. The molecule has 0 aliphatic carbocycles. The molecule has 0 bridgehead atoms. The van der Waals surface area contributed by atoms with Crippen LogP contribution in [0.1, 0.15) is 18.5 Å². The minimum Gasteiger partial charge on any atom is -0.472 e. The third-order valence-electron chi connectivity index (χ3n) is 4.08. The van der Waals surface area contributed by atoms with E-state index in [2.05, 4.69) is 30.6 Å². The van der Waals surface area contributed by atoms with Crippen LogP contribution in [0, 0.1) is 5.82 Å². The molecule has 0 aliphatic heterocycles. The van der Waals surface area contributed by atoms with Crippen LogP contribution in [-0.4, -0.2) is 19.9 Å². The number of anilines is 3. The van der Waals surface area contributed by atoms with Crippen molar-refractivity contribution in [1.82, 2.24) is 19.9 Å². The molecule has 3 heterocycles. The summed E-state index contributed by atoms with van der Waals surface area (Å²) >= 11 is 0. The molecule has 0 saturated carbocycles. The lowest BCUT2D eigenvalue weighted by molar-refractivity contribution is 0.568. The number of benzene rings is 1. The summed E-state index contributed by atoms with van der Waals surface area (Å²) in [4.78, 5) is 17.3. The number of rotatable bonds is 6. The number of halogens is 2. The van der Waals surface area contributed by atoms with E-state index in [0.29, 0.717) is 23.3 Å². The van der Waals surface area contributed by atoms with Gasteiger partial charge in [-0.3, -0.25) is 4.98 Å². The Balaban J connectivity index is 0.00000240. The van der Waals surface area contributed by atoms with Gasteiger partial charge in [0.25, 0.3) is 0 Å². The molecule has 0 unspecified atom stereocenters. The van der Waals surface area contributed by atoms with Crippen molar-refractivity contribution in [1.29, 1.82) is 0 Å². The number of hydrogen-bond acceptors (Lipinski definition) is 7. The van der Waals surface area contributed by atoms with Crippen molar-refractivity contribution in [2.24, 2.45) is 0 Å². The Bertz CT molecular complexity index is 1040. The van der Waals surface area contributed by atoms with Crippen LogP contribution in [0.3, 0.4) is 0 Å². The van der Waals surface area contributed by atoms with E-state index in [-0.39, 0.29) is 24.3 Å². The van der Waals surface area contributed by atoms with E-state index in [1.54, 1.807) is 49.3 Å². The molecule has 4 rings (SSSR count). The lowest BCUT2D eigenvalue weighted by Crippen LogP contribution is -2.11. The molecule has 29 heavy (non-hydrogen) atoms. The average molecular weight is 413 g/mol. The van der Waals surface area contributed by atoms with Crippen molar-refractivity contribution < 1.29 is 8.81 Å². The highest BCUT2D eigenvalue weighted by Crippen LogP contribution is 2.25. The number of aromatic nitrogens is 4. The number of furan rings is 1. The van der Waals surface area contributed by atoms with Gasteiger partial charge in [0.15, 0.2) is 0 Å². The third-order valence-corrected chi connectivity index (χ3v) is 4.08. The molecule has 0 saturated heterocycles. The van der Waals surface area contributed by atoms with Crippen molar-refractivity contribution >= 4 is 30.0 Å². The first-order valence-electron chi connectivity index (χ1n) is 8.64. The van der Waals surface area contributed by atoms with Crippen LogP contribution in [0.5, 0.6) is 0 Å². The number of nitrogens with one attached hydrogen (secondary N) is 2. The van der Waals surface area contributed by atoms with E-state index in [1.165, 1.54) is 12.1 Å². The summed E-state index contributed by atoms with van der Waals surface area (Å²) in [6.07, 6.45) is 7.99. The lowest BCUT2D eigenvalue weighted by Gasteiger charge is -2.16. The summed E-state index contributed by atoms with van der Waals surface area (Å²) in [7, 11) is 0. The van der Waals surface area contributed by atoms with Gasteiger partial charge in [-0.25, -0.2) is 14.4 Å². The second-order valence-corrected chi connectivity index (χ2v) is 6.11. The van der Waals surface area contributed by atoms with E-state index < -0.39 is 0 Å². The summed E-state index contributed by atoms with van der Waals surface area (Å²) in [5, 5.41) is 6.38. The Morgan fingerprint density at radius 1 is 1.03 bits per heavy atom. The number of nitrogens with zero attached hydrogens (tertiary/aromatic N) is 4. The van der Waals surface area contributed by atoms with Gasteiger partial charge in [0.05, 0.1) is 30.5 Å².